The minimum atomic E-state index is -0.0699. The lowest BCUT2D eigenvalue weighted by Gasteiger charge is -2.07. The number of hydrogen-bond donors (Lipinski definition) is 1. The van der Waals surface area contributed by atoms with E-state index in [1.54, 1.807) is 17.5 Å². The number of para-hydroxylation sites is 1. The van der Waals surface area contributed by atoms with Crippen molar-refractivity contribution < 1.29 is 4.79 Å². The lowest BCUT2D eigenvalue weighted by Crippen LogP contribution is -2.15. The number of hydrogen-bond acceptors (Lipinski definition) is 4. The van der Waals surface area contributed by atoms with Crippen molar-refractivity contribution in [2.75, 3.05) is 5.32 Å². The van der Waals surface area contributed by atoms with Crippen LogP contribution in [0.2, 0.25) is 0 Å². The normalized spacial score (nSPS) is 10.8. The second-order valence-electron chi connectivity index (χ2n) is 6.07. The lowest BCUT2D eigenvalue weighted by molar-refractivity contribution is -0.115. The quantitative estimate of drug-likeness (QED) is 0.567. The van der Waals surface area contributed by atoms with Gasteiger partial charge < -0.3 is 5.32 Å². The van der Waals surface area contributed by atoms with Crippen LogP contribution in [-0.2, 0) is 11.2 Å². The molecule has 0 fully saturated rings. The summed E-state index contributed by atoms with van der Waals surface area (Å²) in [5.74, 6) is 0.480. The van der Waals surface area contributed by atoms with E-state index in [4.69, 9.17) is 0 Å². The summed E-state index contributed by atoms with van der Waals surface area (Å²) in [6.45, 7) is 2.01. The van der Waals surface area contributed by atoms with Crippen LogP contribution in [0.5, 0.6) is 0 Å². The predicted molar refractivity (Wildman–Crippen MR) is 106 cm³/mol. The molecule has 1 amide bonds. The number of carbonyl (C=O) groups excluding carboxylic acids is 1. The Morgan fingerprint density at radius 2 is 1.85 bits per heavy atom. The zero-order valence-electron chi connectivity index (χ0n) is 14.3. The molecule has 4 nitrogen and oxygen atoms in total. The van der Waals surface area contributed by atoms with E-state index in [1.165, 1.54) is 0 Å². The van der Waals surface area contributed by atoms with Gasteiger partial charge in [-0.2, -0.15) is 0 Å². The minimum Gasteiger partial charge on any atom is -0.310 e. The summed E-state index contributed by atoms with van der Waals surface area (Å²) in [4.78, 5) is 21.2. The Labute approximate surface area is 155 Å². The number of rotatable bonds is 4. The highest BCUT2D eigenvalue weighted by atomic mass is 32.1. The lowest BCUT2D eigenvalue weighted by atomic mass is 10.1. The molecular weight excluding hydrogens is 342 g/mol. The molecule has 4 aromatic rings. The summed E-state index contributed by atoms with van der Waals surface area (Å²) in [5.41, 5.74) is 4.07. The van der Waals surface area contributed by atoms with Crippen molar-refractivity contribution >= 4 is 33.3 Å². The highest BCUT2D eigenvalue weighted by Crippen LogP contribution is 2.29. The molecule has 2 aromatic heterocycles. The average molecular weight is 359 g/mol. The van der Waals surface area contributed by atoms with Gasteiger partial charge in [0, 0.05) is 11.8 Å². The molecule has 5 heteroatoms. The Kier molecular flexibility index (Phi) is 4.46. The topological polar surface area (TPSA) is 54.9 Å². The molecule has 4 rings (SSSR count). The number of benzene rings is 2. The predicted octanol–water partition coefficient (Wildman–Crippen LogP) is 4.85. The van der Waals surface area contributed by atoms with Crippen LogP contribution in [-0.4, -0.2) is 15.9 Å². The van der Waals surface area contributed by atoms with Gasteiger partial charge in [0.15, 0.2) is 0 Å². The van der Waals surface area contributed by atoms with Crippen molar-refractivity contribution in [1.29, 1.82) is 0 Å². The number of nitrogens with zero attached hydrogens (tertiary/aromatic N) is 2. The first-order valence-electron chi connectivity index (χ1n) is 8.35. The molecule has 2 aromatic carbocycles. The van der Waals surface area contributed by atoms with Gasteiger partial charge in [-0.25, -0.2) is 9.97 Å². The number of nitrogens with one attached hydrogen (secondary N) is 1. The largest absolute Gasteiger partial charge is 0.310 e. The summed E-state index contributed by atoms with van der Waals surface area (Å²) in [6, 6.07) is 19.7. The van der Waals surface area contributed by atoms with Gasteiger partial charge >= 0.3 is 0 Å². The Balaban J connectivity index is 1.47. The Morgan fingerprint density at radius 3 is 2.62 bits per heavy atom. The van der Waals surface area contributed by atoms with Gasteiger partial charge in [-0.3, -0.25) is 4.79 Å². The van der Waals surface area contributed by atoms with Crippen LogP contribution >= 0.6 is 11.3 Å². The van der Waals surface area contributed by atoms with Crippen LogP contribution in [0, 0.1) is 6.92 Å². The maximum Gasteiger partial charge on any atom is 0.229 e. The number of anilines is 1. The van der Waals surface area contributed by atoms with Gasteiger partial charge in [0.05, 0.1) is 16.6 Å². The molecule has 0 aliphatic carbocycles. The average Bonchev–Trinajstić information content (AvgIpc) is 3.08. The standard InChI is InChI=1S/C21H17N3OS/c1-14-6-2-3-7-15(14)12-20(25)24-19-11-10-16(13-22-19)21-23-17-8-4-5-9-18(17)26-21/h2-11,13H,12H2,1H3,(H,22,24,25). The van der Waals surface area contributed by atoms with Gasteiger partial charge in [-0.05, 0) is 42.3 Å². The van der Waals surface area contributed by atoms with Crippen LogP contribution in [0.15, 0.2) is 66.9 Å². The van der Waals surface area contributed by atoms with Gasteiger partial charge in [0.2, 0.25) is 5.91 Å². The van der Waals surface area contributed by atoms with Crippen LogP contribution in [0.4, 0.5) is 5.82 Å². The van der Waals surface area contributed by atoms with Gasteiger partial charge in [-0.1, -0.05) is 36.4 Å². The Bertz CT molecular complexity index is 1040. The van der Waals surface area contributed by atoms with Gasteiger partial charge in [0.1, 0.15) is 10.8 Å². The monoisotopic (exact) mass is 359 g/mol. The summed E-state index contributed by atoms with van der Waals surface area (Å²) in [5, 5.41) is 3.78. The van der Waals surface area contributed by atoms with Gasteiger partial charge in [0.25, 0.3) is 0 Å². The number of pyridine rings is 1. The van der Waals surface area contributed by atoms with Crippen molar-refractivity contribution in [3.8, 4) is 10.6 Å². The van der Waals surface area contributed by atoms with E-state index in [0.29, 0.717) is 12.2 Å². The molecule has 128 valence electrons. The molecule has 2 heterocycles. The molecule has 0 unspecified atom stereocenters. The van der Waals surface area contributed by atoms with E-state index >= 15 is 0 Å². The first-order chi connectivity index (χ1) is 12.7. The molecule has 0 saturated heterocycles. The molecule has 0 aliphatic heterocycles. The van der Waals surface area contributed by atoms with Crippen LogP contribution in [0.1, 0.15) is 11.1 Å². The van der Waals surface area contributed by atoms with Crippen molar-refractivity contribution in [2.24, 2.45) is 0 Å². The number of aryl methyl sites for hydroxylation is 1. The minimum absolute atomic E-state index is 0.0699. The molecule has 1 N–H and O–H groups in total. The van der Waals surface area contributed by atoms with E-state index in [0.717, 1.165) is 31.9 Å². The number of aromatic nitrogens is 2. The third-order valence-electron chi connectivity index (χ3n) is 4.18. The summed E-state index contributed by atoms with van der Waals surface area (Å²) in [7, 11) is 0. The molecule has 0 saturated carbocycles. The van der Waals surface area contributed by atoms with Crippen molar-refractivity contribution in [3.63, 3.8) is 0 Å². The fourth-order valence-electron chi connectivity index (χ4n) is 2.76. The van der Waals surface area contributed by atoms with Crippen LogP contribution < -0.4 is 5.32 Å². The molecule has 0 spiro atoms. The first kappa shape index (κ1) is 16.4. The fourth-order valence-corrected chi connectivity index (χ4v) is 3.71. The highest BCUT2D eigenvalue weighted by molar-refractivity contribution is 7.21. The number of fused-ring (bicyclic) bond motifs is 1. The van der Waals surface area contributed by atoms with Crippen molar-refractivity contribution in [2.45, 2.75) is 13.3 Å². The zero-order chi connectivity index (χ0) is 17.9. The molecule has 0 aliphatic rings. The van der Waals surface area contributed by atoms with Crippen LogP contribution in [0.3, 0.4) is 0 Å². The maximum atomic E-state index is 12.2. The third-order valence-corrected chi connectivity index (χ3v) is 5.27. The van der Waals surface area contributed by atoms with Gasteiger partial charge in [-0.15, -0.1) is 11.3 Å². The third kappa shape index (κ3) is 3.48. The van der Waals surface area contributed by atoms with E-state index < -0.39 is 0 Å². The van der Waals surface area contributed by atoms with Crippen molar-refractivity contribution in [1.82, 2.24) is 9.97 Å². The Morgan fingerprint density at radius 1 is 1.04 bits per heavy atom. The Hall–Kier alpha value is -3.05. The molecule has 26 heavy (non-hydrogen) atoms. The first-order valence-corrected chi connectivity index (χ1v) is 9.17. The fraction of sp³-hybridized carbons (Fsp3) is 0.0952. The molecule has 0 bridgehead atoms. The molecule has 0 atom stereocenters. The van der Waals surface area contributed by atoms with E-state index in [2.05, 4.69) is 21.4 Å². The zero-order valence-corrected chi connectivity index (χ0v) is 15.1. The van der Waals surface area contributed by atoms with E-state index in [9.17, 15) is 4.79 Å². The maximum absolute atomic E-state index is 12.2. The second-order valence-corrected chi connectivity index (χ2v) is 7.10. The molecular formula is C21H17N3OS. The summed E-state index contributed by atoms with van der Waals surface area (Å²) >= 11 is 1.64. The smallest absolute Gasteiger partial charge is 0.229 e. The molecule has 0 radical (unpaired) electrons. The van der Waals surface area contributed by atoms with Crippen molar-refractivity contribution in [3.05, 3.63) is 78.0 Å². The highest BCUT2D eigenvalue weighted by Gasteiger charge is 2.09. The summed E-state index contributed by atoms with van der Waals surface area (Å²) in [6.07, 6.45) is 2.09. The number of amides is 1. The van der Waals surface area contributed by atoms with E-state index in [1.807, 2.05) is 61.5 Å². The second kappa shape index (κ2) is 7.06. The number of carbonyl (C=O) groups is 1. The SMILES string of the molecule is Cc1ccccc1CC(=O)Nc1ccc(-c2nc3ccccc3s2)cn1. The summed E-state index contributed by atoms with van der Waals surface area (Å²) < 4.78 is 1.15. The van der Waals surface area contributed by atoms with Crippen LogP contribution in [0.25, 0.3) is 20.8 Å². The van der Waals surface area contributed by atoms with E-state index in [-0.39, 0.29) is 5.91 Å². The number of thiazole rings is 1.